The molecule has 4 rings (SSSR count). The number of rotatable bonds is 3. The SMILES string of the molecule is Cc1nc2c(cnn2C(C)C)cc1C(=O)N1CCN(c2cccc(Cl)c2)CC1. The van der Waals surface area contributed by atoms with E-state index in [1.54, 1.807) is 6.20 Å². The van der Waals surface area contributed by atoms with E-state index in [0.29, 0.717) is 18.7 Å². The molecule has 1 fully saturated rings. The number of hydrogen-bond donors (Lipinski definition) is 0. The lowest BCUT2D eigenvalue weighted by Crippen LogP contribution is -2.49. The molecule has 0 radical (unpaired) electrons. The number of anilines is 1. The molecule has 6 nitrogen and oxygen atoms in total. The van der Waals surface area contributed by atoms with E-state index < -0.39 is 0 Å². The molecule has 2 aromatic heterocycles. The smallest absolute Gasteiger partial charge is 0.255 e. The van der Waals surface area contributed by atoms with Gasteiger partial charge < -0.3 is 9.80 Å². The monoisotopic (exact) mass is 397 g/mol. The first kappa shape index (κ1) is 18.7. The highest BCUT2D eigenvalue weighted by atomic mass is 35.5. The molecular weight excluding hydrogens is 374 g/mol. The number of aromatic nitrogens is 3. The topological polar surface area (TPSA) is 54.3 Å². The predicted octanol–water partition coefficient (Wildman–Crippen LogP) is 3.94. The van der Waals surface area contributed by atoms with E-state index in [9.17, 15) is 4.79 Å². The van der Waals surface area contributed by atoms with Crippen LogP contribution in [0.3, 0.4) is 0 Å². The quantitative estimate of drug-likeness (QED) is 0.671. The normalized spacial score (nSPS) is 14.9. The lowest BCUT2D eigenvalue weighted by molar-refractivity contribution is 0.0745. The summed E-state index contributed by atoms with van der Waals surface area (Å²) in [6, 6.07) is 10.0. The van der Waals surface area contributed by atoms with Gasteiger partial charge in [-0.2, -0.15) is 5.10 Å². The van der Waals surface area contributed by atoms with E-state index in [1.165, 1.54) is 0 Å². The fourth-order valence-corrected chi connectivity index (χ4v) is 3.86. The van der Waals surface area contributed by atoms with Gasteiger partial charge in [0.15, 0.2) is 5.65 Å². The zero-order valence-corrected chi connectivity index (χ0v) is 17.1. The van der Waals surface area contributed by atoms with Gasteiger partial charge in [0, 0.05) is 48.3 Å². The molecule has 1 aliphatic heterocycles. The number of carbonyl (C=O) groups is 1. The summed E-state index contributed by atoms with van der Waals surface area (Å²) >= 11 is 6.10. The Morgan fingerprint density at radius 3 is 2.57 bits per heavy atom. The third-order valence-electron chi connectivity index (χ3n) is 5.22. The van der Waals surface area contributed by atoms with Crippen molar-refractivity contribution in [1.82, 2.24) is 19.7 Å². The van der Waals surface area contributed by atoms with Crippen LogP contribution < -0.4 is 4.90 Å². The first-order chi connectivity index (χ1) is 13.4. The number of piperazine rings is 1. The Bertz CT molecular complexity index is 1020. The van der Waals surface area contributed by atoms with Crippen LogP contribution in [0.5, 0.6) is 0 Å². The molecule has 0 spiro atoms. The summed E-state index contributed by atoms with van der Waals surface area (Å²) in [7, 11) is 0. The number of halogens is 1. The third-order valence-corrected chi connectivity index (χ3v) is 5.45. The Hall–Kier alpha value is -2.60. The summed E-state index contributed by atoms with van der Waals surface area (Å²) in [6.45, 7) is 8.96. The molecule has 1 aliphatic rings. The van der Waals surface area contributed by atoms with Crippen molar-refractivity contribution in [2.75, 3.05) is 31.1 Å². The Labute approximate surface area is 169 Å². The summed E-state index contributed by atoms with van der Waals surface area (Å²) in [6.07, 6.45) is 1.79. The van der Waals surface area contributed by atoms with Gasteiger partial charge in [-0.25, -0.2) is 9.67 Å². The van der Waals surface area contributed by atoms with Crippen molar-refractivity contribution < 1.29 is 4.79 Å². The van der Waals surface area contributed by atoms with E-state index in [0.717, 1.165) is 40.5 Å². The fourth-order valence-electron chi connectivity index (χ4n) is 3.67. The van der Waals surface area contributed by atoms with E-state index in [4.69, 9.17) is 11.6 Å². The lowest BCUT2D eigenvalue weighted by Gasteiger charge is -2.36. The lowest BCUT2D eigenvalue weighted by atomic mass is 10.1. The summed E-state index contributed by atoms with van der Waals surface area (Å²) < 4.78 is 1.89. The first-order valence-electron chi connectivity index (χ1n) is 9.58. The fraction of sp³-hybridized carbons (Fsp3) is 0.381. The third kappa shape index (κ3) is 3.44. The number of carbonyl (C=O) groups excluding carboxylic acids is 1. The van der Waals surface area contributed by atoms with Gasteiger partial charge in [-0.05, 0) is 45.0 Å². The number of aryl methyl sites for hydroxylation is 1. The van der Waals surface area contributed by atoms with Gasteiger partial charge in [0.2, 0.25) is 0 Å². The minimum Gasteiger partial charge on any atom is -0.368 e. The van der Waals surface area contributed by atoms with Crippen LogP contribution in [-0.4, -0.2) is 51.8 Å². The molecular formula is C21H24ClN5O. The molecule has 1 saturated heterocycles. The van der Waals surface area contributed by atoms with E-state index in [2.05, 4.69) is 34.9 Å². The molecule has 3 aromatic rings. The zero-order valence-electron chi connectivity index (χ0n) is 16.4. The molecule has 0 unspecified atom stereocenters. The molecule has 0 bridgehead atoms. The largest absolute Gasteiger partial charge is 0.368 e. The highest BCUT2D eigenvalue weighted by Gasteiger charge is 2.24. The highest BCUT2D eigenvalue weighted by Crippen LogP contribution is 2.23. The number of benzene rings is 1. The number of amides is 1. The first-order valence-corrected chi connectivity index (χ1v) is 9.96. The summed E-state index contributed by atoms with van der Waals surface area (Å²) in [5.41, 5.74) is 3.33. The van der Waals surface area contributed by atoms with Crippen LogP contribution in [-0.2, 0) is 0 Å². The van der Waals surface area contributed by atoms with Gasteiger partial charge in [0.05, 0.1) is 17.5 Å². The van der Waals surface area contributed by atoms with E-state index in [-0.39, 0.29) is 11.9 Å². The second-order valence-corrected chi connectivity index (χ2v) is 7.91. The van der Waals surface area contributed by atoms with Gasteiger partial charge in [-0.1, -0.05) is 17.7 Å². The summed E-state index contributed by atoms with van der Waals surface area (Å²) in [5.74, 6) is 0.0370. The second kappa shape index (κ2) is 7.43. The van der Waals surface area contributed by atoms with Crippen LogP contribution in [0, 0.1) is 6.92 Å². The minimum absolute atomic E-state index is 0.0370. The van der Waals surface area contributed by atoms with Crippen molar-refractivity contribution in [1.29, 1.82) is 0 Å². The Balaban J connectivity index is 1.52. The molecule has 1 aromatic carbocycles. The van der Waals surface area contributed by atoms with E-state index in [1.807, 2.05) is 40.8 Å². The van der Waals surface area contributed by atoms with Gasteiger partial charge >= 0.3 is 0 Å². The summed E-state index contributed by atoms with van der Waals surface area (Å²) in [5, 5.41) is 6.04. The number of fused-ring (bicyclic) bond motifs is 1. The Morgan fingerprint density at radius 1 is 1.14 bits per heavy atom. The van der Waals surface area contributed by atoms with Crippen LogP contribution in [0.2, 0.25) is 5.02 Å². The van der Waals surface area contributed by atoms with Crippen molar-refractivity contribution in [3.63, 3.8) is 0 Å². The second-order valence-electron chi connectivity index (χ2n) is 7.48. The van der Waals surface area contributed by atoms with Crippen LogP contribution in [0.15, 0.2) is 36.5 Å². The van der Waals surface area contributed by atoms with Gasteiger partial charge in [0.1, 0.15) is 0 Å². The number of pyridine rings is 1. The molecule has 0 N–H and O–H groups in total. The van der Waals surface area contributed by atoms with Crippen molar-refractivity contribution in [3.8, 4) is 0 Å². The molecule has 1 amide bonds. The highest BCUT2D eigenvalue weighted by molar-refractivity contribution is 6.30. The van der Waals surface area contributed by atoms with Crippen LogP contribution in [0.1, 0.15) is 35.9 Å². The molecule has 0 saturated carbocycles. The minimum atomic E-state index is 0.0370. The zero-order chi connectivity index (χ0) is 19.8. The van der Waals surface area contributed by atoms with E-state index >= 15 is 0 Å². The molecule has 0 atom stereocenters. The van der Waals surface area contributed by atoms with Gasteiger partial charge in [-0.15, -0.1) is 0 Å². The maximum atomic E-state index is 13.1. The number of hydrogen-bond acceptors (Lipinski definition) is 4. The molecule has 7 heteroatoms. The maximum absolute atomic E-state index is 13.1. The van der Waals surface area contributed by atoms with Crippen molar-refractivity contribution in [2.24, 2.45) is 0 Å². The molecule has 3 heterocycles. The summed E-state index contributed by atoms with van der Waals surface area (Å²) in [4.78, 5) is 22.0. The number of nitrogens with zero attached hydrogens (tertiary/aromatic N) is 5. The Morgan fingerprint density at radius 2 is 1.89 bits per heavy atom. The standard InChI is InChI=1S/C21H24ClN5O/c1-14(2)27-20-16(13-23-27)11-19(15(3)24-20)21(28)26-9-7-25(8-10-26)18-6-4-5-17(22)12-18/h4-6,11-14H,7-10H2,1-3H3. The van der Waals surface area contributed by atoms with Gasteiger partial charge in [0.25, 0.3) is 5.91 Å². The van der Waals surface area contributed by atoms with Crippen LogP contribution in [0.4, 0.5) is 5.69 Å². The maximum Gasteiger partial charge on any atom is 0.255 e. The predicted molar refractivity (Wildman–Crippen MR) is 112 cm³/mol. The van der Waals surface area contributed by atoms with Crippen LogP contribution in [0.25, 0.3) is 11.0 Å². The molecule has 28 heavy (non-hydrogen) atoms. The molecule has 146 valence electrons. The Kier molecular flexibility index (Phi) is 4.98. The van der Waals surface area contributed by atoms with Crippen molar-refractivity contribution in [3.05, 3.63) is 52.8 Å². The molecule has 0 aliphatic carbocycles. The van der Waals surface area contributed by atoms with Gasteiger partial charge in [-0.3, -0.25) is 4.79 Å². The van der Waals surface area contributed by atoms with Crippen LogP contribution >= 0.6 is 11.6 Å². The average Bonchev–Trinajstić information content (AvgIpc) is 3.10. The van der Waals surface area contributed by atoms with Crippen molar-refractivity contribution >= 4 is 34.2 Å². The average molecular weight is 398 g/mol. The van der Waals surface area contributed by atoms with Crippen molar-refractivity contribution in [2.45, 2.75) is 26.8 Å².